The molecule has 1 aromatic heterocycles. The monoisotopic (exact) mass is 251 g/mol. The highest BCUT2D eigenvalue weighted by Gasteiger charge is 2.40. The van der Waals surface area contributed by atoms with Gasteiger partial charge >= 0.3 is 0 Å². The lowest BCUT2D eigenvalue weighted by atomic mass is 10.0. The van der Waals surface area contributed by atoms with Crippen LogP contribution in [0.25, 0.3) is 11.0 Å². The van der Waals surface area contributed by atoms with Gasteiger partial charge in [-0.3, -0.25) is 0 Å². The molecule has 3 rings (SSSR count). The zero-order valence-electron chi connectivity index (χ0n) is 7.59. The molecule has 0 atom stereocenters. The maximum atomic E-state index is 6.13. The van der Waals surface area contributed by atoms with Crippen LogP contribution in [-0.2, 0) is 5.54 Å². The molecule has 0 saturated heterocycles. The molecule has 0 aliphatic heterocycles. The Morgan fingerprint density at radius 1 is 1.36 bits per heavy atom. The average molecular weight is 252 g/mol. The summed E-state index contributed by atoms with van der Waals surface area (Å²) in [6, 6.07) is 6.17. The van der Waals surface area contributed by atoms with Gasteiger partial charge < -0.3 is 10.2 Å². The first-order valence-corrected chi connectivity index (χ1v) is 5.44. The molecule has 0 spiro atoms. The first-order chi connectivity index (χ1) is 6.69. The van der Waals surface area contributed by atoms with Crippen LogP contribution < -0.4 is 5.73 Å². The lowest BCUT2D eigenvalue weighted by Crippen LogP contribution is -2.18. The van der Waals surface area contributed by atoms with E-state index in [1.807, 2.05) is 6.07 Å². The zero-order valence-corrected chi connectivity index (χ0v) is 9.17. The van der Waals surface area contributed by atoms with Crippen molar-refractivity contribution in [3.05, 3.63) is 34.5 Å². The maximum absolute atomic E-state index is 6.13. The van der Waals surface area contributed by atoms with Crippen molar-refractivity contribution in [2.45, 2.75) is 18.4 Å². The van der Waals surface area contributed by atoms with Gasteiger partial charge in [-0.1, -0.05) is 6.07 Å². The van der Waals surface area contributed by atoms with Gasteiger partial charge in [-0.2, -0.15) is 0 Å². The Hall–Kier alpha value is -0.800. The first-order valence-electron chi connectivity index (χ1n) is 4.65. The van der Waals surface area contributed by atoms with Crippen LogP contribution in [0.3, 0.4) is 0 Å². The fourth-order valence-electron chi connectivity index (χ4n) is 1.73. The normalized spacial score (nSPS) is 18.7. The summed E-state index contributed by atoms with van der Waals surface area (Å²) in [6.45, 7) is 0. The van der Waals surface area contributed by atoms with Crippen LogP contribution in [0.1, 0.15) is 18.4 Å². The number of halogens is 1. The van der Waals surface area contributed by atoms with Gasteiger partial charge in [-0.05, 0) is 46.5 Å². The predicted octanol–water partition coefficient (Wildman–Crippen LogP) is 3.14. The molecular weight excluding hydrogens is 242 g/mol. The molecule has 2 N–H and O–H groups in total. The summed E-state index contributed by atoms with van der Waals surface area (Å²) in [6.07, 6.45) is 3.90. The number of fused-ring (bicyclic) bond motifs is 1. The molecular formula is C11H10BrNO. The number of hydrogen-bond donors (Lipinski definition) is 1. The molecule has 0 unspecified atom stereocenters. The fraction of sp³-hybridized carbons (Fsp3) is 0.273. The molecule has 2 nitrogen and oxygen atoms in total. The van der Waals surface area contributed by atoms with E-state index in [1.54, 1.807) is 6.26 Å². The number of rotatable bonds is 1. The standard InChI is InChI=1S/C11H10BrNO/c12-9-6-14-10-2-1-7(5-8(9)10)11(13)3-4-11/h1-2,5-6H,3-4,13H2. The van der Waals surface area contributed by atoms with Crippen molar-refractivity contribution >= 4 is 26.9 Å². The number of hydrogen-bond acceptors (Lipinski definition) is 2. The van der Waals surface area contributed by atoms with Crippen molar-refractivity contribution in [1.82, 2.24) is 0 Å². The molecule has 3 heteroatoms. The summed E-state index contributed by atoms with van der Waals surface area (Å²) in [5.74, 6) is 0. The third kappa shape index (κ3) is 1.12. The molecule has 14 heavy (non-hydrogen) atoms. The highest BCUT2D eigenvalue weighted by molar-refractivity contribution is 9.10. The molecule has 1 aliphatic rings. The number of benzene rings is 1. The molecule has 1 aromatic carbocycles. The Bertz CT molecular complexity index is 499. The summed E-state index contributed by atoms with van der Waals surface area (Å²) >= 11 is 3.45. The second-order valence-electron chi connectivity index (χ2n) is 3.95. The smallest absolute Gasteiger partial charge is 0.135 e. The van der Waals surface area contributed by atoms with Crippen LogP contribution >= 0.6 is 15.9 Å². The lowest BCUT2D eigenvalue weighted by Gasteiger charge is -2.08. The maximum Gasteiger partial charge on any atom is 0.135 e. The third-order valence-corrected chi connectivity index (χ3v) is 3.50. The fourth-order valence-corrected chi connectivity index (χ4v) is 2.13. The molecule has 72 valence electrons. The zero-order chi connectivity index (χ0) is 9.76. The van der Waals surface area contributed by atoms with Gasteiger partial charge in [0.25, 0.3) is 0 Å². The summed E-state index contributed by atoms with van der Waals surface area (Å²) in [5.41, 5.74) is 8.19. The van der Waals surface area contributed by atoms with E-state index >= 15 is 0 Å². The first kappa shape index (κ1) is 8.50. The van der Waals surface area contributed by atoms with E-state index in [-0.39, 0.29) is 5.54 Å². The Balaban J connectivity index is 2.23. The van der Waals surface area contributed by atoms with Crippen LogP contribution in [0.4, 0.5) is 0 Å². The van der Waals surface area contributed by atoms with E-state index in [0.717, 1.165) is 28.3 Å². The van der Waals surface area contributed by atoms with Gasteiger partial charge in [0.1, 0.15) is 11.8 Å². The van der Waals surface area contributed by atoms with E-state index in [2.05, 4.69) is 28.1 Å². The molecule has 0 radical (unpaired) electrons. The van der Waals surface area contributed by atoms with Gasteiger partial charge in [0.15, 0.2) is 0 Å². The molecule has 0 bridgehead atoms. The van der Waals surface area contributed by atoms with Gasteiger partial charge in [0.05, 0.1) is 4.47 Å². The van der Waals surface area contributed by atoms with Crippen molar-refractivity contribution < 1.29 is 4.42 Å². The van der Waals surface area contributed by atoms with Crippen LogP contribution in [0.15, 0.2) is 33.4 Å². The predicted molar refractivity (Wildman–Crippen MR) is 59.0 cm³/mol. The Labute approximate surface area is 90.2 Å². The lowest BCUT2D eigenvalue weighted by molar-refractivity contribution is 0.613. The van der Waals surface area contributed by atoms with E-state index in [0.29, 0.717) is 0 Å². The van der Waals surface area contributed by atoms with Crippen LogP contribution in [-0.4, -0.2) is 0 Å². The van der Waals surface area contributed by atoms with Crippen LogP contribution in [0.5, 0.6) is 0 Å². The topological polar surface area (TPSA) is 39.2 Å². The highest BCUT2D eigenvalue weighted by Crippen LogP contribution is 2.44. The second kappa shape index (κ2) is 2.61. The largest absolute Gasteiger partial charge is 0.463 e. The van der Waals surface area contributed by atoms with E-state index in [4.69, 9.17) is 10.2 Å². The molecule has 1 aliphatic carbocycles. The summed E-state index contributed by atoms with van der Waals surface area (Å²) in [4.78, 5) is 0. The van der Waals surface area contributed by atoms with Crippen molar-refractivity contribution in [2.24, 2.45) is 5.73 Å². The molecule has 1 heterocycles. The second-order valence-corrected chi connectivity index (χ2v) is 4.81. The van der Waals surface area contributed by atoms with E-state index in [1.165, 1.54) is 5.56 Å². The van der Waals surface area contributed by atoms with Crippen molar-refractivity contribution in [3.8, 4) is 0 Å². The van der Waals surface area contributed by atoms with E-state index in [9.17, 15) is 0 Å². The van der Waals surface area contributed by atoms with Crippen molar-refractivity contribution in [3.63, 3.8) is 0 Å². The minimum absolute atomic E-state index is 0.0646. The van der Waals surface area contributed by atoms with Crippen LogP contribution in [0.2, 0.25) is 0 Å². The van der Waals surface area contributed by atoms with Gasteiger partial charge in [-0.15, -0.1) is 0 Å². The van der Waals surface area contributed by atoms with Gasteiger partial charge in [0.2, 0.25) is 0 Å². The van der Waals surface area contributed by atoms with E-state index < -0.39 is 0 Å². The quantitative estimate of drug-likeness (QED) is 0.846. The van der Waals surface area contributed by atoms with Gasteiger partial charge in [-0.25, -0.2) is 0 Å². The highest BCUT2D eigenvalue weighted by atomic mass is 79.9. The third-order valence-electron chi connectivity index (χ3n) is 2.89. The van der Waals surface area contributed by atoms with Crippen LogP contribution in [0, 0.1) is 0 Å². The van der Waals surface area contributed by atoms with Gasteiger partial charge in [0, 0.05) is 10.9 Å². The molecule has 1 fully saturated rings. The van der Waals surface area contributed by atoms with Crippen molar-refractivity contribution in [2.75, 3.05) is 0 Å². The molecule has 1 saturated carbocycles. The minimum atomic E-state index is -0.0646. The Morgan fingerprint density at radius 2 is 2.14 bits per heavy atom. The molecule has 2 aromatic rings. The number of nitrogens with two attached hydrogens (primary N) is 1. The number of furan rings is 1. The SMILES string of the molecule is NC1(c2ccc3occ(Br)c3c2)CC1. The molecule has 0 amide bonds. The summed E-state index contributed by atoms with van der Waals surface area (Å²) in [7, 11) is 0. The van der Waals surface area contributed by atoms with Crippen molar-refractivity contribution in [1.29, 1.82) is 0 Å². The summed E-state index contributed by atoms with van der Waals surface area (Å²) in [5, 5.41) is 1.11. The summed E-state index contributed by atoms with van der Waals surface area (Å²) < 4.78 is 6.35. The Kier molecular flexibility index (Phi) is 1.59. The average Bonchev–Trinajstić information content (AvgIpc) is 2.84. The minimum Gasteiger partial charge on any atom is -0.463 e. The Morgan fingerprint density at radius 3 is 2.86 bits per heavy atom.